The molecule has 0 amide bonds. The molecule has 3 nitrogen and oxygen atoms in total. The number of nitrogens with two attached hydrogens (primary N) is 1. The molecule has 106 valence electrons. The number of hydrogen-bond donors (Lipinski definition) is 1. The van der Waals surface area contributed by atoms with Gasteiger partial charge in [-0.25, -0.2) is 0 Å². The summed E-state index contributed by atoms with van der Waals surface area (Å²) < 4.78 is 11.4. The van der Waals surface area contributed by atoms with Gasteiger partial charge < -0.3 is 15.2 Å². The molecule has 0 bridgehead atoms. The van der Waals surface area contributed by atoms with Crippen LogP contribution in [0.4, 0.5) is 0 Å². The van der Waals surface area contributed by atoms with Crippen LogP contribution in [0.5, 0.6) is 5.75 Å². The summed E-state index contributed by atoms with van der Waals surface area (Å²) in [5.74, 6) is 1.68. The maximum absolute atomic E-state index is 6.06. The van der Waals surface area contributed by atoms with Crippen LogP contribution in [0, 0.1) is 5.92 Å². The third kappa shape index (κ3) is 3.95. The van der Waals surface area contributed by atoms with E-state index in [1.807, 2.05) is 12.1 Å². The van der Waals surface area contributed by atoms with Crippen LogP contribution in [0.2, 0.25) is 0 Å². The van der Waals surface area contributed by atoms with Gasteiger partial charge in [0.2, 0.25) is 0 Å². The summed E-state index contributed by atoms with van der Waals surface area (Å²) in [4.78, 5) is 0. The number of ether oxygens (including phenoxy) is 2. The molecule has 0 radical (unpaired) electrons. The van der Waals surface area contributed by atoms with Crippen LogP contribution in [0.25, 0.3) is 0 Å². The first-order chi connectivity index (χ1) is 9.18. The van der Waals surface area contributed by atoms with Crippen LogP contribution in [-0.2, 0) is 11.2 Å². The zero-order valence-corrected chi connectivity index (χ0v) is 12.0. The zero-order chi connectivity index (χ0) is 13.7. The van der Waals surface area contributed by atoms with Gasteiger partial charge in [-0.15, -0.1) is 0 Å². The average Bonchev–Trinajstić information content (AvgIpc) is 2.76. The van der Waals surface area contributed by atoms with Crippen LogP contribution < -0.4 is 10.5 Å². The predicted octanol–water partition coefficient (Wildman–Crippen LogP) is 3.07. The SMILES string of the molecule is CC(C)CCOCCOc1cccc2c1CCC2N. The third-order valence-electron chi connectivity index (χ3n) is 3.60. The van der Waals surface area contributed by atoms with Crippen molar-refractivity contribution >= 4 is 0 Å². The molecule has 1 unspecified atom stereocenters. The molecule has 19 heavy (non-hydrogen) atoms. The molecular formula is C16H25NO2. The van der Waals surface area contributed by atoms with E-state index in [2.05, 4.69) is 19.9 Å². The molecule has 0 heterocycles. The minimum Gasteiger partial charge on any atom is -0.491 e. The minimum absolute atomic E-state index is 0.181. The van der Waals surface area contributed by atoms with Gasteiger partial charge in [0.1, 0.15) is 12.4 Å². The van der Waals surface area contributed by atoms with Gasteiger partial charge in [0.15, 0.2) is 0 Å². The second kappa shape index (κ2) is 6.92. The summed E-state index contributed by atoms with van der Waals surface area (Å²) in [6.45, 7) is 6.50. The highest BCUT2D eigenvalue weighted by Gasteiger charge is 2.21. The zero-order valence-electron chi connectivity index (χ0n) is 12.0. The lowest BCUT2D eigenvalue weighted by Gasteiger charge is -2.12. The van der Waals surface area contributed by atoms with Crippen molar-refractivity contribution in [2.75, 3.05) is 19.8 Å². The predicted molar refractivity (Wildman–Crippen MR) is 77.5 cm³/mol. The Labute approximate surface area is 116 Å². The van der Waals surface area contributed by atoms with Gasteiger partial charge >= 0.3 is 0 Å². The monoisotopic (exact) mass is 263 g/mol. The molecule has 0 aliphatic heterocycles. The van der Waals surface area contributed by atoms with Crippen molar-refractivity contribution in [2.24, 2.45) is 11.7 Å². The second-order valence-corrected chi connectivity index (χ2v) is 5.61. The quantitative estimate of drug-likeness (QED) is 0.769. The van der Waals surface area contributed by atoms with E-state index in [9.17, 15) is 0 Å². The Morgan fingerprint density at radius 1 is 1.26 bits per heavy atom. The highest BCUT2D eigenvalue weighted by molar-refractivity contribution is 5.44. The molecule has 0 fully saturated rings. The molecule has 3 heteroatoms. The van der Waals surface area contributed by atoms with E-state index < -0.39 is 0 Å². The van der Waals surface area contributed by atoms with Crippen molar-refractivity contribution in [3.63, 3.8) is 0 Å². The lowest BCUT2D eigenvalue weighted by atomic mass is 10.1. The Bertz CT molecular complexity index is 404. The molecule has 2 rings (SSSR count). The van der Waals surface area contributed by atoms with Gasteiger partial charge in [-0.1, -0.05) is 26.0 Å². The summed E-state index contributed by atoms with van der Waals surface area (Å²) in [5.41, 5.74) is 8.60. The van der Waals surface area contributed by atoms with Crippen molar-refractivity contribution in [2.45, 2.75) is 39.2 Å². The van der Waals surface area contributed by atoms with Gasteiger partial charge in [-0.3, -0.25) is 0 Å². The summed E-state index contributed by atoms with van der Waals surface area (Å²) >= 11 is 0. The minimum atomic E-state index is 0.181. The molecule has 1 aliphatic rings. The first-order valence-electron chi connectivity index (χ1n) is 7.26. The Morgan fingerprint density at radius 2 is 2.11 bits per heavy atom. The largest absolute Gasteiger partial charge is 0.491 e. The molecule has 0 spiro atoms. The molecule has 0 saturated carbocycles. The van der Waals surface area contributed by atoms with Gasteiger partial charge in [0.05, 0.1) is 6.61 Å². The molecule has 1 aromatic carbocycles. The molecule has 1 atom stereocenters. The van der Waals surface area contributed by atoms with Crippen LogP contribution in [0.15, 0.2) is 18.2 Å². The smallest absolute Gasteiger partial charge is 0.122 e. The Hall–Kier alpha value is -1.06. The second-order valence-electron chi connectivity index (χ2n) is 5.61. The van der Waals surface area contributed by atoms with Crippen molar-refractivity contribution < 1.29 is 9.47 Å². The van der Waals surface area contributed by atoms with E-state index in [1.165, 1.54) is 11.1 Å². The van der Waals surface area contributed by atoms with E-state index in [0.29, 0.717) is 19.1 Å². The fourth-order valence-corrected chi connectivity index (χ4v) is 2.42. The summed E-state index contributed by atoms with van der Waals surface area (Å²) in [5, 5.41) is 0. The van der Waals surface area contributed by atoms with E-state index in [0.717, 1.165) is 31.6 Å². The normalized spacial score (nSPS) is 17.8. The van der Waals surface area contributed by atoms with Crippen LogP contribution >= 0.6 is 0 Å². The Balaban J connectivity index is 1.75. The van der Waals surface area contributed by atoms with Gasteiger partial charge in [-0.2, -0.15) is 0 Å². The molecule has 0 aromatic heterocycles. The molecule has 1 aromatic rings. The van der Waals surface area contributed by atoms with Crippen LogP contribution in [0.1, 0.15) is 43.9 Å². The topological polar surface area (TPSA) is 44.5 Å². The van der Waals surface area contributed by atoms with Gasteiger partial charge in [0, 0.05) is 12.6 Å². The maximum atomic E-state index is 6.06. The summed E-state index contributed by atoms with van der Waals surface area (Å²) in [6, 6.07) is 6.35. The first kappa shape index (κ1) is 14.4. The van der Waals surface area contributed by atoms with Gasteiger partial charge in [0.25, 0.3) is 0 Å². The Kier molecular flexibility index (Phi) is 5.23. The fourth-order valence-electron chi connectivity index (χ4n) is 2.42. The molecular weight excluding hydrogens is 238 g/mol. The fraction of sp³-hybridized carbons (Fsp3) is 0.625. The molecule has 1 aliphatic carbocycles. The number of fused-ring (bicyclic) bond motifs is 1. The van der Waals surface area contributed by atoms with E-state index in [-0.39, 0.29) is 6.04 Å². The maximum Gasteiger partial charge on any atom is 0.122 e. The van der Waals surface area contributed by atoms with Crippen molar-refractivity contribution in [3.05, 3.63) is 29.3 Å². The standard InChI is InChI=1S/C16H25NO2/c1-12(2)8-9-18-10-11-19-16-5-3-4-13-14(16)6-7-15(13)17/h3-5,12,15H,6-11,17H2,1-2H3. The van der Waals surface area contributed by atoms with E-state index in [1.54, 1.807) is 0 Å². The highest BCUT2D eigenvalue weighted by Crippen LogP contribution is 2.35. The highest BCUT2D eigenvalue weighted by atomic mass is 16.5. The lowest BCUT2D eigenvalue weighted by Crippen LogP contribution is -2.10. The number of hydrogen-bond acceptors (Lipinski definition) is 3. The van der Waals surface area contributed by atoms with Crippen LogP contribution in [-0.4, -0.2) is 19.8 Å². The lowest BCUT2D eigenvalue weighted by molar-refractivity contribution is 0.0923. The van der Waals surface area contributed by atoms with E-state index in [4.69, 9.17) is 15.2 Å². The van der Waals surface area contributed by atoms with Crippen molar-refractivity contribution in [1.29, 1.82) is 0 Å². The molecule has 2 N–H and O–H groups in total. The van der Waals surface area contributed by atoms with Gasteiger partial charge in [-0.05, 0) is 42.4 Å². The van der Waals surface area contributed by atoms with E-state index >= 15 is 0 Å². The van der Waals surface area contributed by atoms with Crippen molar-refractivity contribution in [1.82, 2.24) is 0 Å². The number of rotatable bonds is 7. The van der Waals surface area contributed by atoms with Crippen molar-refractivity contribution in [3.8, 4) is 5.75 Å². The third-order valence-corrected chi connectivity index (χ3v) is 3.60. The average molecular weight is 263 g/mol. The number of benzene rings is 1. The Morgan fingerprint density at radius 3 is 2.89 bits per heavy atom. The van der Waals surface area contributed by atoms with Crippen LogP contribution in [0.3, 0.4) is 0 Å². The molecule has 0 saturated heterocycles. The summed E-state index contributed by atoms with van der Waals surface area (Å²) in [7, 11) is 0. The summed E-state index contributed by atoms with van der Waals surface area (Å²) in [6.07, 6.45) is 3.16. The first-order valence-corrected chi connectivity index (χ1v) is 7.26.